The van der Waals surface area contributed by atoms with Crippen LogP contribution in [0.5, 0.6) is 0 Å². The Hall–Kier alpha value is -3.33. The van der Waals surface area contributed by atoms with Crippen LogP contribution < -0.4 is 4.90 Å². The molecule has 8 nitrogen and oxygen atoms in total. The van der Waals surface area contributed by atoms with Crippen molar-refractivity contribution in [3.63, 3.8) is 0 Å². The van der Waals surface area contributed by atoms with Gasteiger partial charge in [-0.2, -0.15) is 0 Å². The molecule has 0 bridgehead atoms. The normalized spacial score (nSPS) is 17.0. The van der Waals surface area contributed by atoms with Crippen molar-refractivity contribution in [1.29, 1.82) is 0 Å². The van der Waals surface area contributed by atoms with Gasteiger partial charge >= 0.3 is 0 Å². The molecule has 2 aliphatic rings. The number of ether oxygens (including phenoxy) is 1. The van der Waals surface area contributed by atoms with Gasteiger partial charge in [0.2, 0.25) is 5.95 Å². The average Bonchev–Trinajstić information content (AvgIpc) is 3.07. The van der Waals surface area contributed by atoms with Crippen LogP contribution >= 0.6 is 0 Å². The molecule has 0 atom stereocenters. The minimum Gasteiger partial charge on any atom is -0.382 e. The molecular weight excluding hydrogens is 413 g/mol. The van der Waals surface area contributed by atoms with Gasteiger partial charge in [-0.15, -0.1) is 0 Å². The van der Waals surface area contributed by atoms with E-state index in [1.165, 1.54) is 17.0 Å². The maximum Gasteiger partial charge on any atom is 0.277 e. The van der Waals surface area contributed by atoms with Crippen molar-refractivity contribution in [3.8, 4) is 0 Å². The summed E-state index contributed by atoms with van der Waals surface area (Å²) in [6.45, 7) is 5.58. The first-order chi connectivity index (χ1) is 15.6. The predicted octanol–water partition coefficient (Wildman–Crippen LogP) is 1.94. The Balaban J connectivity index is 1.57. The second kappa shape index (κ2) is 9.86. The first-order valence-electron chi connectivity index (χ1n) is 10.8. The summed E-state index contributed by atoms with van der Waals surface area (Å²) < 4.78 is 18.9. The minimum absolute atomic E-state index is 0.281. The van der Waals surface area contributed by atoms with Crippen LogP contribution in [0.25, 0.3) is 5.57 Å². The van der Waals surface area contributed by atoms with Crippen LogP contribution in [0.3, 0.4) is 0 Å². The number of benzene rings is 1. The van der Waals surface area contributed by atoms with E-state index in [2.05, 4.69) is 14.9 Å². The Bertz CT molecular complexity index is 988. The first kappa shape index (κ1) is 21.9. The second-order valence-electron chi connectivity index (χ2n) is 7.57. The Labute approximate surface area is 186 Å². The molecule has 4 rings (SSSR count). The highest BCUT2D eigenvalue weighted by Crippen LogP contribution is 2.32. The van der Waals surface area contributed by atoms with Gasteiger partial charge in [0.1, 0.15) is 11.5 Å². The zero-order valence-corrected chi connectivity index (χ0v) is 18.0. The summed E-state index contributed by atoms with van der Waals surface area (Å²) in [6.07, 6.45) is 3.96. The highest BCUT2D eigenvalue weighted by atomic mass is 19.1. The Morgan fingerprint density at radius 2 is 1.62 bits per heavy atom. The van der Waals surface area contributed by atoms with E-state index in [-0.39, 0.29) is 18.4 Å². The fourth-order valence-electron chi connectivity index (χ4n) is 3.99. The number of hydrogen-bond donors (Lipinski definition) is 0. The van der Waals surface area contributed by atoms with Crippen LogP contribution in [-0.4, -0.2) is 77.5 Å². The smallest absolute Gasteiger partial charge is 0.277 e. The first-order valence-corrected chi connectivity index (χ1v) is 10.8. The minimum atomic E-state index is -0.391. The van der Waals surface area contributed by atoms with E-state index in [1.54, 1.807) is 30.6 Å². The van der Waals surface area contributed by atoms with Crippen LogP contribution in [0.2, 0.25) is 0 Å². The van der Waals surface area contributed by atoms with Crippen molar-refractivity contribution >= 4 is 23.3 Å². The molecule has 1 aromatic carbocycles. The average molecular weight is 439 g/mol. The van der Waals surface area contributed by atoms with Crippen LogP contribution in [0.15, 0.2) is 48.4 Å². The second-order valence-corrected chi connectivity index (χ2v) is 7.57. The number of piperazine rings is 1. The van der Waals surface area contributed by atoms with E-state index >= 15 is 0 Å². The zero-order valence-electron chi connectivity index (χ0n) is 18.0. The lowest BCUT2D eigenvalue weighted by Gasteiger charge is -2.36. The van der Waals surface area contributed by atoms with Crippen LogP contribution in [0, 0.1) is 5.82 Å². The molecule has 2 aromatic rings. The van der Waals surface area contributed by atoms with Crippen molar-refractivity contribution in [1.82, 2.24) is 19.8 Å². The molecule has 2 aliphatic heterocycles. The summed E-state index contributed by atoms with van der Waals surface area (Å²) in [5.74, 6) is -0.402. The van der Waals surface area contributed by atoms with Crippen molar-refractivity contribution in [2.24, 2.45) is 0 Å². The van der Waals surface area contributed by atoms with Crippen molar-refractivity contribution in [2.75, 3.05) is 50.8 Å². The van der Waals surface area contributed by atoms with Gasteiger partial charge in [-0.05, 0) is 37.1 Å². The topological polar surface area (TPSA) is 78.9 Å². The molecule has 32 heavy (non-hydrogen) atoms. The van der Waals surface area contributed by atoms with Crippen molar-refractivity contribution in [3.05, 3.63) is 59.8 Å². The molecule has 168 valence electrons. The third-order valence-electron chi connectivity index (χ3n) is 5.58. The van der Waals surface area contributed by atoms with Gasteiger partial charge in [-0.1, -0.05) is 12.1 Å². The van der Waals surface area contributed by atoms with Crippen molar-refractivity contribution < 1.29 is 18.7 Å². The van der Waals surface area contributed by atoms with E-state index in [0.29, 0.717) is 68.6 Å². The van der Waals surface area contributed by atoms with E-state index < -0.39 is 5.82 Å². The van der Waals surface area contributed by atoms with Gasteiger partial charge in [0.05, 0.1) is 5.57 Å². The van der Waals surface area contributed by atoms with Gasteiger partial charge in [-0.25, -0.2) is 14.4 Å². The third-order valence-corrected chi connectivity index (χ3v) is 5.58. The lowest BCUT2D eigenvalue weighted by molar-refractivity contribution is -0.137. The SMILES string of the molecule is CCOCCCN1C(=O)C(c2ccc(F)cc2)=C(N2CCN(c3ncccn3)CC2)C1=O. The van der Waals surface area contributed by atoms with Crippen molar-refractivity contribution in [2.45, 2.75) is 13.3 Å². The number of aromatic nitrogens is 2. The van der Waals surface area contributed by atoms with Crippen LogP contribution in [-0.2, 0) is 14.3 Å². The Morgan fingerprint density at radius 3 is 2.28 bits per heavy atom. The molecule has 0 N–H and O–H groups in total. The summed E-state index contributed by atoms with van der Waals surface area (Å²) >= 11 is 0. The number of amides is 2. The number of anilines is 1. The number of nitrogens with zero attached hydrogens (tertiary/aromatic N) is 5. The molecule has 1 aromatic heterocycles. The van der Waals surface area contributed by atoms with Gasteiger partial charge < -0.3 is 14.5 Å². The molecule has 9 heteroatoms. The molecule has 3 heterocycles. The number of hydrogen-bond acceptors (Lipinski definition) is 7. The lowest BCUT2D eigenvalue weighted by atomic mass is 10.0. The molecule has 0 spiro atoms. The van der Waals surface area contributed by atoms with Gasteiger partial charge in [-0.3, -0.25) is 14.5 Å². The van der Waals surface area contributed by atoms with Gasteiger partial charge in [0, 0.05) is 58.3 Å². The number of carbonyl (C=O) groups is 2. The van der Waals surface area contributed by atoms with Crippen LogP contribution in [0.4, 0.5) is 10.3 Å². The lowest BCUT2D eigenvalue weighted by Crippen LogP contribution is -2.48. The zero-order chi connectivity index (χ0) is 22.5. The highest BCUT2D eigenvalue weighted by molar-refractivity contribution is 6.35. The molecule has 1 fully saturated rings. The summed E-state index contributed by atoms with van der Waals surface area (Å²) in [5, 5.41) is 0. The molecule has 0 saturated carbocycles. The maximum atomic E-state index is 13.5. The number of rotatable bonds is 8. The molecule has 1 saturated heterocycles. The fraction of sp³-hybridized carbons (Fsp3) is 0.391. The van der Waals surface area contributed by atoms with Gasteiger partial charge in [0.15, 0.2) is 0 Å². The summed E-state index contributed by atoms with van der Waals surface area (Å²) in [7, 11) is 0. The number of imide groups is 1. The molecule has 0 aliphatic carbocycles. The monoisotopic (exact) mass is 439 g/mol. The standard InChI is InChI=1S/C23H26FN5O3/c1-2-32-16-4-11-29-21(30)19(17-5-7-18(24)8-6-17)20(22(29)31)27-12-14-28(15-13-27)23-25-9-3-10-26-23/h3,5-10H,2,4,11-16H2,1H3. The summed E-state index contributed by atoms with van der Waals surface area (Å²) in [4.78, 5) is 40.4. The van der Waals surface area contributed by atoms with Gasteiger partial charge in [0.25, 0.3) is 11.8 Å². The largest absolute Gasteiger partial charge is 0.382 e. The number of halogens is 1. The van der Waals surface area contributed by atoms with E-state index in [4.69, 9.17) is 4.74 Å². The molecule has 2 amide bonds. The van der Waals surface area contributed by atoms with E-state index in [9.17, 15) is 14.0 Å². The van der Waals surface area contributed by atoms with E-state index in [1.807, 2.05) is 11.8 Å². The fourth-order valence-corrected chi connectivity index (χ4v) is 3.99. The highest BCUT2D eigenvalue weighted by Gasteiger charge is 2.42. The molecular formula is C23H26FN5O3. The maximum absolute atomic E-state index is 13.5. The Kier molecular flexibility index (Phi) is 6.75. The summed E-state index contributed by atoms with van der Waals surface area (Å²) in [5.41, 5.74) is 1.25. The molecule has 0 unspecified atom stereocenters. The Morgan fingerprint density at radius 1 is 0.969 bits per heavy atom. The number of carbonyl (C=O) groups excluding carboxylic acids is 2. The molecule has 0 radical (unpaired) electrons. The van der Waals surface area contributed by atoms with Crippen LogP contribution in [0.1, 0.15) is 18.9 Å². The quantitative estimate of drug-likeness (QED) is 0.459. The van der Waals surface area contributed by atoms with E-state index in [0.717, 1.165) is 0 Å². The summed E-state index contributed by atoms with van der Waals surface area (Å²) in [6, 6.07) is 7.48. The third kappa shape index (κ3) is 4.47. The predicted molar refractivity (Wildman–Crippen MR) is 117 cm³/mol.